The lowest BCUT2D eigenvalue weighted by atomic mass is 10.1. The molecule has 0 aliphatic carbocycles. The Morgan fingerprint density at radius 3 is 2.57 bits per heavy atom. The summed E-state index contributed by atoms with van der Waals surface area (Å²) in [5.41, 5.74) is 0.740. The quantitative estimate of drug-likeness (QED) is 0.850. The largest absolute Gasteiger partial charge is 0.507 e. The lowest BCUT2D eigenvalue weighted by molar-refractivity contribution is -0.123. The monoisotopic (exact) mass is 317 g/mol. The van der Waals surface area contributed by atoms with Crippen molar-refractivity contribution in [3.63, 3.8) is 0 Å². The molecule has 1 amide bonds. The van der Waals surface area contributed by atoms with Crippen LogP contribution in [0.4, 0.5) is 10.1 Å². The molecule has 120 valence electrons. The molecule has 0 heterocycles. The maximum Gasteiger partial charge on any atom is 0.342 e. The van der Waals surface area contributed by atoms with E-state index in [4.69, 9.17) is 4.74 Å². The number of aromatic hydroxyl groups is 1. The highest BCUT2D eigenvalue weighted by Gasteiger charge is 2.21. The Labute approximate surface area is 132 Å². The van der Waals surface area contributed by atoms with Gasteiger partial charge in [0.1, 0.15) is 17.1 Å². The summed E-state index contributed by atoms with van der Waals surface area (Å²) in [6, 6.07) is 10.1. The molecule has 6 heteroatoms. The summed E-state index contributed by atoms with van der Waals surface area (Å²) >= 11 is 0. The zero-order chi connectivity index (χ0) is 17.0. The van der Waals surface area contributed by atoms with Gasteiger partial charge in [0.2, 0.25) is 0 Å². The van der Waals surface area contributed by atoms with Crippen molar-refractivity contribution in [2.45, 2.75) is 20.0 Å². The molecule has 0 aliphatic rings. The van der Waals surface area contributed by atoms with Crippen LogP contribution in [-0.4, -0.2) is 23.1 Å². The molecular weight excluding hydrogens is 301 g/mol. The third kappa shape index (κ3) is 4.06. The summed E-state index contributed by atoms with van der Waals surface area (Å²) in [5, 5.41) is 12.1. The zero-order valence-corrected chi connectivity index (χ0v) is 12.7. The second kappa shape index (κ2) is 6.91. The second-order valence-electron chi connectivity index (χ2n) is 5.04. The Kier molecular flexibility index (Phi) is 4.95. The van der Waals surface area contributed by atoms with E-state index in [-0.39, 0.29) is 17.0 Å². The van der Waals surface area contributed by atoms with Crippen molar-refractivity contribution >= 4 is 17.6 Å². The van der Waals surface area contributed by atoms with Crippen LogP contribution in [0, 0.1) is 12.7 Å². The highest BCUT2D eigenvalue weighted by Crippen LogP contribution is 2.20. The molecule has 0 unspecified atom stereocenters. The first-order chi connectivity index (χ1) is 10.9. The molecule has 2 N–H and O–H groups in total. The van der Waals surface area contributed by atoms with Gasteiger partial charge in [-0.3, -0.25) is 4.79 Å². The fourth-order valence-corrected chi connectivity index (χ4v) is 1.89. The number of phenolic OH excluding ortho intramolecular Hbond substituents is 1. The Balaban J connectivity index is 2.03. The fourth-order valence-electron chi connectivity index (χ4n) is 1.89. The first-order valence-electron chi connectivity index (χ1n) is 6.94. The maximum absolute atomic E-state index is 13.5. The van der Waals surface area contributed by atoms with E-state index in [1.165, 1.54) is 37.3 Å². The summed E-state index contributed by atoms with van der Waals surface area (Å²) in [6.45, 7) is 3.12. The summed E-state index contributed by atoms with van der Waals surface area (Å²) in [7, 11) is 0. The highest BCUT2D eigenvalue weighted by molar-refractivity contribution is 5.98. The Hall–Kier alpha value is -2.89. The molecule has 2 aromatic carbocycles. The first kappa shape index (κ1) is 16.5. The molecule has 0 saturated carbocycles. The van der Waals surface area contributed by atoms with Gasteiger partial charge < -0.3 is 15.2 Å². The number of hydrogen-bond donors (Lipinski definition) is 2. The number of aryl methyl sites for hydroxylation is 1. The zero-order valence-electron chi connectivity index (χ0n) is 12.7. The van der Waals surface area contributed by atoms with E-state index in [1.54, 1.807) is 19.1 Å². The van der Waals surface area contributed by atoms with E-state index in [9.17, 15) is 19.1 Å². The summed E-state index contributed by atoms with van der Waals surface area (Å²) in [4.78, 5) is 23.9. The number of benzene rings is 2. The van der Waals surface area contributed by atoms with Gasteiger partial charge in [-0.2, -0.15) is 0 Å². The van der Waals surface area contributed by atoms with Crippen molar-refractivity contribution in [2.24, 2.45) is 0 Å². The lowest BCUT2D eigenvalue weighted by Crippen LogP contribution is -2.30. The van der Waals surface area contributed by atoms with E-state index >= 15 is 0 Å². The SMILES string of the molecule is Cc1ccc(C(=O)O[C@H](C)C(=O)Nc2ccccc2F)c(O)c1. The number of esters is 1. The predicted molar refractivity (Wildman–Crippen MR) is 82.8 cm³/mol. The van der Waals surface area contributed by atoms with Crippen molar-refractivity contribution in [3.8, 4) is 5.75 Å². The predicted octanol–water partition coefficient (Wildman–Crippen LogP) is 3.02. The van der Waals surface area contributed by atoms with E-state index in [0.29, 0.717) is 0 Å². The first-order valence-corrected chi connectivity index (χ1v) is 6.94. The van der Waals surface area contributed by atoms with E-state index in [0.717, 1.165) is 5.56 Å². The minimum Gasteiger partial charge on any atom is -0.507 e. The number of hydrogen-bond acceptors (Lipinski definition) is 4. The van der Waals surface area contributed by atoms with Crippen LogP contribution < -0.4 is 5.32 Å². The average Bonchev–Trinajstić information content (AvgIpc) is 2.49. The van der Waals surface area contributed by atoms with Gasteiger partial charge in [0, 0.05) is 0 Å². The maximum atomic E-state index is 13.5. The van der Waals surface area contributed by atoms with Crippen LogP contribution >= 0.6 is 0 Å². The van der Waals surface area contributed by atoms with Gasteiger partial charge in [-0.15, -0.1) is 0 Å². The molecule has 2 aromatic rings. The molecule has 0 fully saturated rings. The van der Waals surface area contributed by atoms with Crippen LogP contribution in [0.1, 0.15) is 22.8 Å². The van der Waals surface area contributed by atoms with Crippen molar-refractivity contribution in [1.29, 1.82) is 0 Å². The molecule has 2 rings (SSSR count). The number of anilines is 1. The Morgan fingerprint density at radius 1 is 1.22 bits per heavy atom. The third-order valence-electron chi connectivity index (χ3n) is 3.16. The van der Waals surface area contributed by atoms with Gasteiger partial charge >= 0.3 is 5.97 Å². The Bertz CT molecular complexity index is 745. The van der Waals surface area contributed by atoms with Crippen LogP contribution in [0.25, 0.3) is 0 Å². The molecule has 0 bridgehead atoms. The molecule has 0 radical (unpaired) electrons. The van der Waals surface area contributed by atoms with E-state index in [1.807, 2.05) is 0 Å². The highest BCUT2D eigenvalue weighted by atomic mass is 19.1. The van der Waals surface area contributed by atoms with Crippen LogP contribution in [0.15, 0.2) is 42.5 Å². The van der Waals surface area contributed by atoms with Gasteiger partial charge in [0.15, 0.2) is 6.10 Å². The minimum absolute atomic E-state index is 0.00131. The van der Waals surface area contributed by atoms with Crippen molar-refractivity contribution in [3.05, 3.63) is 59.4 Å². The molecule has 0 spiro atoms. The molecule has 1 atom stereocenters. The van der Waals surface area contributed by atoms with Gasteiger partial charge in [-0.25, -0.2) is 9.18 Å². The van der Waals surface area contributed by atoms with Crippen LogP contribution in [0.5, 0.6) is 5.75 Å². The summed E-state index contributed by atoms with van der Waals surface area (Å²) < 4.78 is 18.5. The van der Waals surface area contributed by atoms with Crippen LogP contribution in [-0.2, 0) is 9.53 Å². The van der Waals surface area contributed by atoms with Crippen LogP contribution in [0.2, 0.25) is 0 Å². The lowest BCUT2D eigenvalue weighted by Gasteiger charge is -2.14. The smallest absolute Gasteiger partial charge is 0.342 e. The van der Waals surface area contributed by atoms with Gasteiger partial charge in [0.25, 0.3) is 5.91 Å². The fraction of sp³-hybridized carbons (Fsp3) is 0.176. The standard InChI is InChI=1S/C17H16FNO4/c1-10-7-8-12(15(20)9-10)17(22)23-11(2)16(21)19-14-6-4-3-5-13(14)18/h3-9,11,20H,1-2H3,(H,19,21)/t11-/m1/s1. The third-order valence-corrected chi connectivity index (χ3v) is 3.16. The molecular formula is C17H16FNO4. The van der Waals surface area contributed by atoms with Crippen molar-refractivity contribution in [2.75, 3.05) is 5.32 Å². The van der Waals surface area contributed by atoms with Crippen LogP contribution in [0.3, 0.4) is 0 Å². The number of para-hydroxylation sites is 1. The number of phenols is 1. The number of rotatable bonds is 4. The van der Waals surface area contributed by atoms with Gasteiger partial charge in [0.05, 0.1) is 5.69 Å². The number of carbonyl (C=O) groups is 2. The topological polar surface area (TPSA) is 75.6 Å². The van der Waals surface area contributed by atoms with Gasteiger partial charge in [-0.1, -0.05) is 18.2 Å². The summed E-state index contributed by atoms with van der Waals surface area (Å²) in [6.07, 6.45) is -1.15. The molecule has 23 heavy (non-hydrogen) atoms. The van der Waals surface area contributed by atoms with E-state index < -0.39 is 23.8 Å². The molecule has 0 aromatic heterocycles. The Morgan fingerprint density at radius 2 is 1.91 bits per heavy atom. The number of amides is 1. The van der Waals surface area contributed by atoms with Gasteiger partial charge in [-0.05, 0) is 43.7 Å². The second-order valence-corrected chi connectivity index (χ2v) is 5.04. The molecule has 0 aliphatic heterocycles. The van der Waals surface area contributed by atoms with Crippen molar-refractivity contribution in [1.82, 2.24) is 0 Å². The minimum atomic E-state index is -1.15. The van der Waals surface area contributed by atoms with Crippen molar-refractivity contribution < 1.29 is 23.8 Å². The van der Waals surface area contributed by atoms with E-state index in [2.05, 4.69) is 5.32 Å². The number of carbonyl (C=O) groups excluding carboxylic acids is 2. The summed E-state index contributed by atoms with van der Waals surface area (Å²) in [5.74, 6) is -2.32. The number of halogens is 1. The average molecular weight is 317 g/mol. The molecule has 5 nitrogen and oxygen atoms in total. The number of nitrogens with one attached hydrogen (secondary N) is 1. The normalized spacial score (nSPS) is 11.6. The number of ether oxygens (including phenoxy) is 1. The molecule has 0 saturated heterocycles.